The molecule has 5 nitrogen and oxygen atoms in total. The Morgan fingerprint density at radius 1 is 1.10 bits per heavy atom. The normalized spacial score (nSPS) is 11.2. The molecule has 1 amide bonds. The first-order valence-corrected chi connectivity index (χ1v) is 10.7. The predicted octanol–water partition coefficient (Wildman–Crippen LogP) is 5.07. The van der Waals surface area contributed by atoms with E-state index in [1.165, 1.54) is 0 Å². The summed E-state index contributed by atoms with van der Waals surface area (Å²) in [5.41, 5.74) is 5.95. The number of ether oxygens (including phenoxy) is 1. The molecule has 0 fully saturated rings. The molecule has 0 bridgehead atoms. The Morgan fingerprint density at radius 3 is 2.48 bits per heavy atom. The largest absolute Gasteiger partial charge is 0.377 e. The van der Waals surface area contributed by atoms with Crippen LogP contribution in [0, 0.1) is 13.8 Å². The number of hydrogen-bond acceptors (Lipinski definition) is 3. The second-order valence-electron chi connectivity index (χ2n) is 7.29. The molecule has 0 spiro atoms. The van der Waals surface area contributed by atoms with E-state index in [1.807, 2.05) is 80.1 Å². The molecule has 0 saturated heterocycles. The third-order valence-corrected chi connectivity index (χ3v) is 5.52. The Bertz CT molecular complexity index is 1070. The number of amides is 1. The molecule has 2 aromatic carbocycles. The number of hydrogen-bond donors (Lipinski definition) is 1. The van der Waals surface area contributed by atoms with Gasteiger partial charge in [-0.3, -0.25) is 9.48 Å². The lowest BCUT2D eigenvalue weighted by Crippen LogP contribution is -2.21. The van der Waals surface area contributed by atoms with E-state index in [1.54, 1.807) is 6.08 Å². The lowest BCUT2D eigenvalue weighted by atomic mass is 10.1. The minimum absolute atomic E-state index is 0.149. The summed E-state index contributed by atoms with van der Waals surface area (Å²) in [6.07, 6.45) is 3.38. The lowest BCUT2D eigenvalue weighted by Gasteiger charge is -2.09. The highest BCUT2D eigenvalue weighted by atomic mass is 35.5. The van der Waals surface area contributed by atoms with Crippen molar-refractivity contribution in [3.63, 3.8) is 0 Å². The molecular formula is C25H28ClN3O2. The predicted molar refractivity (Wildman–Crippen MR) is 125 cm³/mol. The molecule has 0 unspecified atom stereocenters. The van der Waals surface area contributed by atoms with Crippen molar-refractivity contribution >= 4 is 23.6 Å². The minimum atomic E-state index is -0.149. The topological polar surface area (TPSA) is 56.1 Å². The number of aryl methyl sites for hydroxylation is 1. The number of carbonyl (C=O) groups is 1. The summed E-state index contributed by atoms with van der Waals surface area (Å²) in [6.45, 7) is 8.15. The maximum Gasteiger partial charge on any atom is 0.244 e. The molecular weight excluding hydrogens is 410 g/mol. The van der Waals surface area contributed by atoms with E-state index in [2.05, 4.69) is 10.4 Å². The Hall–Kier alpha value is -2.89. The second-order valence-corrected chi connectivity index (χ2v) is 7.70. The van der Waals surface area contributed by atoms with Gasteiger partial charge in [-0.1, -0.05) is 54.1 Å². The summed E-state index contributed by atoms with van der Waals surface area (Å²) in [4.78, 5) is 12.4. The smallest absolute Gasteiger partial charge is 0.244 e. The SMILES string of the molecule is CCOCc1ccccc1CNC(=O)/C=C/c1c(C)nn(Cc2ccccc2Cl)c1C. The number of aromatic nitrogens is 2. The van der Waals surface area contributed by atoms with E-state index in [4.69, 9.17) is 16.3 Å². The molecule has 162 valence electrons. The van der Waals surface area contributed by atoms with Crippen LogP contribution < -0.4 is 5.32 Å². The Balaban J connectivity index is 1.65. The van der Waals surface area contributed by atoms with Gasteiger partial charge in [0, 0.05) is 35.5 Å². The molecule has 3 rings (SSSR count). The van der Waals surface area contributed by atoms with Crippen molar-refractivity contribution in [2.45, 2.75) is 40.5 Å². The van der Waals surface area contributed by atoms with E-state index in [0.717, 1.165) is 38.7 Å². The average Bonchev–Trinajstić information content (AvgIpc) is 3.03. The second kappa shape index (κ2) is 10.9. The van der Waals surface area contributed by atoms with E-state index >= 15 is 0 Å². The number of benzene rings is 2. The zero-order chi connectivity index (χ0) is 22.2. The quantitative estimate of drug-likeness (QED) is 0.475. The molecule has 3 aromatic rings. The van der Waals surface area contributed by atoms with Crippen LogP contribution in [0.1, 0.15) is 40.6 Å². The first kappa shape index (κ1) is 22.8. The van der Waals surface area contributed by atoms with Crippen LogP contribution in [0.25, 0.3) is 6.08 Å². The Kier molecular flexibility index (Phi) is 8.04. The monoisotopic (exact) mass is 437 g/mol. The van der Waals surface area contributed by atoms with Crippen molar-refractivity contribution in [3.05, 3.63) is 93.3 Å². The highest BCUT2D eigenvalue weighted by molar-refractivity contribution is 6.31. The third-order valence-electron chi connectivity index (χ3n) is 5.15. The highest BCUT2D eigenvalue weighted by Crippen LogP contribution is 2.20. The van der Waals surface area contributed by atoms with Crippen LogP contribution >= 0.6 is 11.6 Å². The molecule has 0 aliphatic carbocycles. The summed E-state index contributed by atoms with van der Waals surface area (Å²) >= 11 is 6.28. The van der Waals surface area contributed by atoms with Crippen LogP contribution in [0.4, 0.5) is 0 Å². The van der Waals surface area contributed by atoms with Crippen molar-refractivity contribution in [1.82, 2.24) is 15.1 Å². The van der Waals surface area contributed by atoms with Gasteiger partial charge in [0.25, 0.3) is 0 Å². The zero-order valence-electron chi connectivity index (χ0n) is 18.2. The molecule has 1 N–H and O–H groups in total. The fraction of sp³-hybridized carbons (Fsp3) is 0.280. The summed E-state index contributed by atoms with van der Waals surface area (Å²) in [5, 5.41) is 8.29. The minimum Gasteiger partial charge on any atom is -0.377 e. The van der Waals surface area contributed by atoms with Crippen LogP contribution in [-0.2, 0) is 29.2 Å². The molecule has 6 heteroatoms. The standard InChI is InChI=1S/C25H28ClN3O2/c1-4-31-17-22-11-6-5-9-20(22)15-27-25(30)14-13-23-18(2)28-29(19(23)3)16-21-10-7-8-12-24(21)26/h5-14H,4,15-17H2,1-3H3,(H,27,30)/b14-13+. The van der Waals surface area contributed by atoms with Crippen LogP contribution in [0.5, 0.6) is 0 Å². The van der Waals surface area contributed by atoms with Crippen LogP contribution in [0.3, 0.4) is 0 Å². The Labute approximate surface area is 188 Å². The van der Waals surface area contributed by atoms with Gasteiger partial charge in [-0.2, -0.15) is 5.10 Å². The van der Waals surface area contributed by atoms with Crippen LogP contribution in [0.15, 0.2) is 54.6 Å². The number of rotatable bonds is 9. The van der Waals surface area contributed by atoms with Gasteiger partial charge in [0.05, 0.1) is 18.8 Å². The van der Waals surface area contributed by atoms with Crippen molar-refractivity contribution in [3.8, 4) is 0 Å². The molecule has 0 aliphatic heterocycles. The summed E-state index contributed by atoms with van der Waals surface area (Å²) in [6, 6.07) is 15.7. The van der Waals surface area contributed by atoms with Gasteiger partial charge in [0.2, 0.25) is 5.91 Å². The zero-order valence-corrected chi connectivity index (χ0v) is 18.9. The first-order valence-electron chi connectivity index (χ1n) is 10.4. The summed E-state index contributed by atoms with van der Waals surface area (Å²) in [7, 11) is 0. The van der Waals surface area contributed by atoms with Crippen molar-refractivity contribution in [2.75, 3.05) is 6.61 Å². The molecule has 1 heterocycles. The average molecular weight is 438 g/mol. The van der Waals surface area contributed by atoms with Gasteiger partial charge in [0.15, 0.2) is 0 Å². The molecule has 1 aromatic heterocycles. The van der Waals surface area contributed by atoms with Gasteiger partial charge in [0.1, 0.15) is 0 Å². The number of nitrogens with one attached hydrogen (secondary N) is 1. The molecule has 31 heavy (non-hydrogen) atoms. The van der Waals surface area contributed by atoms with E-state index in [0.29, 0.717) is 26.3 Å². The lowest BCUT2D eigenvalue weighted by molar-refractivity contribution is -0.116. The molecule has 0 atom stereocenters. The Morgan fingerprint density at radius 2 is 1.77 bits per heavy atom. The third kappa shape index (κ3) is 6.06. The molecule has 0 radical (unpaired) electrons. The maximum absolute atomic E-state index is 12.4. The van der Waals surface area contributed by atoms with Crippen molar-refractivity contribution < 1.29 is 9.53 Å². The summed E-state index contributed by atoms with van der Waals surface area (Å²) < 4.78 is 7.42. The van der Waals surface area contributed by atoms with Gasteiger partial charge in [-0.15, -0.1) is 0 Å². The van der Waals surface area contributed by atoms with Gasteiger partial charge in [-0.25, -0.2) is 0 Å². The fourth-order valence-electron chi connectivity index (χ4n) is 3.38. The van der Waals surface area contributed by atoms with Crippen molar-refractivity contribution in [1.29, 1.82) is 0 Å². The fourth-order valence-corrected chi connectivity index (χ4v) is 3.57. The van der Waals surface area contributed by atoms with E-state index < -0.39 is 0 Å². The summed E-state index contributed by atoms with van der Waals surface area (Å²) in [5.74, 6) is -0.149. The van der Waals surface area contributed by atoms with Gasteiger partial charge < -0.3 is 10.1 Å². The van der Waals surface area contributed by atoms with Crippen molar-refractivity contribution in [2.24, 2.45) is 0 Å². The maximum atomic E-state index is 12.4. The van der Waals surface area contributed by atoms with E-state index in [9.17, 15) is 4.79 Å². The molecule has 0 saturated carbocycles. The number of nitrogens with zero attached hydrogens (tertiary/aromatic N) is 2. The van der Waals surface area contributed by atoms with Crippen LogP contribution in [-0.4, -0.2) is 22.3 Å². The van der Waals surface area contributed by atoms with Gasteiger partial charge >= 0.3 is 0 Å². The van der Waals surface area contributed by atoms with Gasteiger partial charge in [-0.05, 0) is 49.6 Å². The number of carbonyl (C=O) groups excluding carboxylic acids is 1. The number of halogens is 1. The first-order chi connectivity index (χ1) is 15.0. The molecule has 0 aliphatic rings. The van der Waals surface area contributed by atoms with Crippen LogP contribution in [0.2, 0.25) is 5.02 Å². The highest BCUT2D eigenvalue weighted by Gasteiger charge is 2.11. The van der Waals surface area contributed by atoms with E-state index in [-0.39, 0.29) is 5.91 Å².